The molecular weight excluding hydrogens is 436 g/mol. The lowest BCUT2D eigenvalue weighted by atomic mass is 10.0. The Morgan fingerprint density at radius 1 is 1.09 bits per heavy atom. The molecule has 1 aromatic carbocycles. The van der Waals surface area contributed by atoms with Gasteiger partial charge in [0.25, 0.3) is 5.91 Å². The molecule has 1 N–H and O–H groups in total. The number of aromatic nitrogens is 1. The SMILES string of the molecule is COC(=O)c1c(NC(=O)c2cc(-c3ccc(C)o3)nc3ccccc23)sc2c1CCCCC2. The van der Waals surface area contributed by atoms with Gasteiger partial charge in [-0.05, 0) is 62.4 Å². The first-order valence-corrected chi connectivity index (χ1v) is 11.9. The Balaban J connectivity index is 1.58. The van der Waals surface area contributed by atoms with Gasteiger partial charge in [0.1, 0.15) is 16.5 Å². The van der Waals surface area contributed by atoms with E-state index in [2.05, 4.69) is 10.3 Å². The summed E-state index contributed by atoms with van der Waals surface area (Å²) in [5.74, 6) is 0.676. The average Bonchev–Trinajstić information content (AvgIpc) is 3.33. The highest BCUT2D eigenvalue weighted by molar-refractivity contribution is 7.17. The van der Waals surface area contributed by atoms with Gasteiger partial charge in [-0.1, -0.05) is 24.6 Å². The minimum absolute atomic E-state index is 0.292. The molecule has 1 amide bonds. The van der Waals surface area contributed by atoms with E-state index in [0.29, 0.717) is 33.1 Å². The molecule has 5 rings (SSSR count). The lowest BCUT2D eigenvalue weighted by molar-refractivity contribution is 0.0601. The molecule has 0 saturated carbocycles. The quantitative estimate of drug-likeness (QED) is 0.291. The number of thiophene rings is 1. The minimum atomic E-state index is -0.406. The van der Waals surface area contributed by atoms with E-state index < -0.39 is 5.97 Å². The average molecular weight is 461 g/mol. The first kappa shape index (κ1) is 21.4. The van der Waals surface area contributed by atoms with E-state index in [1.54, 1.807) is 6.07 Å². The Labute approximate surface area is 195 Å². The van der Waals surface area contributed by atoms with Gasteiger partial charge in [0.2, 0.25) is 0 Å². The smallest absolute Gasteiger partial charge is 0.341 e. The predicted octanol–water partition coefficient (Wildman–Crippen LogP) is 6.17. The van der Waals surface area contributed by atoms with Crippen LogP contribution in [0.1, 0.15) is 56.2 Å². The molecule has 7 heteroatoms. The third kappa shape index (κ3) is 4.04. The number of furan rings is 1. The van der Waals surface area contributed by atoms with Crippen LogP contribution in [0.4, 0.5) is 5.00 Å². The van der Waals surface area contributed by atoms with E-state index in [1.807, 2.05) is 43.3 Å². The van der Waals surface area contributed by atoms with Crippen LogP contribution in [-0.4, -0.2) is 24.0 Å². The highest BCUT2D eigenvalue weighted by Gasteiger charge is 2.27. The van der Waals surface area contributed by atoms with Crippen LogP contribution in [0, 0.1) is 6.92 Å². The first-order valence-electron chi connectivity index (χ1n) is 11.1. The number of fused-ring (bicyclic) bond motifs is 2. The molecule has 0 bridgehead atoms. The summed E-state index contributed by atoms with van der Waals surface area (Å²) in [6.07, 6.45) is 5.00. The number of esters is 1. The van der Waals surface area contributed by atoms with Crippen LogP contribution in [0.25, 0.3) is 22.4 Å². The van der Waals surface area contributed by atoms with Gasteiger partial charge in [-0.2, -0.15) is 0 Å². The molecule has 0 unspecified atom stereocenters. The molecule has 0 radical (unpaired) electrons. The summed E-state index contributed by atoms with van der Waals surface area (Å²) >= 11 is 1.48. The minimum Gasteiger partial charge on any atom is -0.465 e. The molecule has 0 fully saturated rings. The second-order valence-electron chi connectivity index (χ2n) is 8.20. The highest BCUT2D eigenvalue weighted by Crippen LogP contribution is 2.38. The number of anilines is 1. The van der Waals surface area contributed by atoms with Gasteiger partial charge in [-0.25, -0.2) is 9.78 Å². The number of para-hydroxylation sites is 1. The van der Waals surface area contributed by atoms with Gasteiger partial charge >= 0.3 is 5.97 Å². The number of aryl methyl sites for hydroxylation is 2. The van der Waals surface area contributed by atoms with Crippen molar-refractivity contribution in [2.45, 2.75) is 39.0 Å². The third-order valence-corrected chi connectivity index (χ3v) is 7.20. The maximum atomic E-state index is 13.5. The van der Waals surface area contributed by atoms with Crippen LogP contribution in [0.15, 0.2) is 46.9 Å². The van der Waals surface area contributed by atoms with Crippen LogP contribution in [0.5, 0.6) is 0 Å². The van der Waals surface area contributed by atoms with E-state index in [4.69, 9.17) is 9.15 Å². The van der Waals surface area contributed by atoms with E-state index in [9.17, 15) is 9.59 Å². The number of carbonyl (C=O) groups excluding carboxylic acids is 2. The molecule has 3 aromatic heterocycles. The van der Waals surface area contributed by atoms with Crippen LogP contribution in [-0.2, 0) is 17.6 Å². The van der Waals surface area contributed by atoms with Crippen molar-refractivity contribution in [2.24, 2.45) is 0 Å². The number of methoxy groups -OCH3 is 1. The van der Waals surface area contributed by atoms with Crippen molar-refractivity contribution >= 4 is 39.1 Å². The molecule has 168 valence electrons. The van der Waals surface area contributed by atoms with Crippen molar-refractivity contribution in [3.63, 3.8) is 0 Å². The van der Waals surface area contributed by atoms with Gasteiger partial charge in [0, 0.05) is 10.3 Å². The Bertz CT molecular complexity index is 1370. The lowest BCUT2D eigenvalue weighted by Gasteiger charge is -2.10. The fourth-order valence-corrected chi connectivity index (χ4v) is 5.65. The first-order chi connectivity index (χ1) is 16.0. The second-order valence-corrected chi connectivity index (χ2v) is 9.30. The largest absolute Gasteiger partial charge is 0.465 e. The predicted molar refractivity (Wildman–Crippen MR) is 129 cm³/mol. The molecule has 6 nitrogen and oxygen atoms in total. The second kappa shape index (κ2) is 8.83. The normalized spacial score (nSPS) is 13.4. The number of benzene rings is 1. The number of ether oxygens (including phenoxy) is 1. The van der Waals surface area contributed by atoms with E-state index >= 15 is 0 Å². The topological polar surface area (TPSA) is 81.4 Å². The van der Waals surface area contributed by atoms with Crippen LogP contribution >= 0.6 is 11.3 Å². The maximum absolute atomic E-state index is 13.5. The molecule has 1 aliphatic rings. The van der Waals surface area contributed by atoms with Crippen molar-refractivity contribution in [2.75, 3.05) is 12.4 Å². The summed E-state index contributed by atoms with van der Waals surface area (Å²) in [6.45, 7) is 1.87. The van der Waals surface area contributed by atoms with Gasteiger partial charge in [0.05, 0.1) is 23.8 Å². The number of amides is 1. The monoisotopic (exact) mass is 460 g/mol. The number of nitrogens with one attached hydrogen (secondary N) is 1. The van der Waals surface area contributed by atoms with Gasteiger partial charge in [-0.3, -0.25) is 4.79 Å². The molecule has 0 spiro atoms. The van der Waals surface area contributed by atoms with Crippen molar-refractivity contribution < 1.29 is 18.7 Å². The number of rotatable bonds is 4. The van der Waals surface area contributed by atoms with E-state index in [0.717, 1.165) is 53.7 Å². The summed E-state index contributed by atoms with van der Waals surface area (Å²) in [7, 11) is 1.38. The van der Waals surface area contributed by atoms with Crippen LogP contribution < -0.4 is 5.32 Å². The van der Waals surface area contributed by atoms with Crippen molar-refractivity contribution in [3.8, 4) is 11.5 Å². The summed E-state index contributed by atoms with van der Waals surface area (Å²) < 4.78 is 10.8. The summed E-state index contributed by atoms with van der Waals surface area (Å²) in [5.41, 5.74) is 3.27. The molecule has 0 saturated heterocycles. The summed E-state index contributed by atoms with van der Waals surface area (Å²) in [4.78, 5) is 32.1. The number of carbonyl (C=O) groups is 2. The van der Waals surface area contributed by atoms with Crippen LogP contribution in [0.3, 0.4) is 0 Å². The zero-order valence-electron chi connectivity index (χ0n) is 18.6. The summed E-state index contributed by atoms with van der Waals surface area (Å²) in [5, 5.41) is 4.30. The standard InChI is InChI=1S/C26H24N2O4S/c1-15-12-13-21(32-15)20-14-18(16-8-6-7-10-19(16)27-20)24(29)28-25-23(26(30)31-2)17-9-4-3-5-11-22(17)33-25/h6-8,10,12-14H,3-5,9,11H2,1-2H3,(H,28,29). The Morgan fingerprint density at radius 3 is 2.70 bits per heavy atom. The molecule has 33 heavy (non-hydrogen) atoms. The maximum Gasteiger partial charge on any atom is 0.341 e. The van der Waals surface area contributed by atoms with Crippen molar-refractivity contribution in [1.82, 2.24) is 4.98 Å². The van der Waals surface area contributed by atoms with Crippen molar-refractivity contribution in [3.05, 3.63) is 69.8 Å². The Kier molecular flexibility index (Phi) is 5.72. The van der Waals surface area contributed by atoms with Crippen LogP contribution in [0.2, 0.25) is 0 Å². The Morgan fingerprint density at radius 2 is 1.91 bits per heavy atom. The fourth-order valence-electron chi connectivity index (χ4n) is 4.38. The molecule has 4 aromatic rings. The third-order valence-electron chi connectivity index (χ3n) is 5.99. The molecule has 3 heterocycles. The zero-order chi connectivity index (χ0) is 22.9. The van der Waals surface area contributed by atoms with Gasteiger partial charge in [0.15, 0.2) is 5.76 Å². The number of hydrogen-bond acceptors (Lipinski definition) is 6. The molecule has 0 atom stereocenters. The highest BCUT2D eigenvalue weighted by atomic mass is 32.1. The molecular formula is C26H24N2O4S. The van der Waals surface area contributed by atoms with E-state index in [-0.39, 0.29) is 5.91 Å². The lowest BCUT2D eigenvalue weighted by Crippen LogP contribution is -2.15. The van der Waals surface area contributed by atoms with Crippen molar-refractivity contribution in [1.29, 1.82) is 0 Å². The number of nitrogens with zero attached hydrogens (tertiary/aromatic N) is 1. The summed E-state index contributed by atoms with van der Waals surface area (Å²) in [6, 6.07) is 13.0. The molecule has 0 aliphatic heterocycles. The van der Waals surface area contributed by atoms with Gasteiger partial charge in [-0.15, -0.1) is 11.3 Å². The van der Waals surface area contributed by atoms with E-state index in [1.165, 1.54) is 18.4 Å². The number of pyridine rings is 1. The fraction of sp³-hybridized carbons (Fsp3) is 0.269. The number of hydrogen-bond donors (Lipinski definition) is 1. The Hall–Kier alpha value is -3.45. The zero-order valence-corrected chi connectivity index (χ0v) is 19.4. The molecule has 1 aliphatic carbocycles. The van der Waals surface area contributed by atoms with Gasteiger partial charge < -0.3 is 14.5 Å².